The van der Waals surface area contributed by atoms with Gasteiger partial charge in [0.05, 0.1) is 18.3 Å². The van der Waals surface area contributed by atoms with Crippen molar-refractivity contribution in [2.75, 3.05) is 40.5 Å². The minimum atomic E-state index is -0.925. The zero-order valence-corrected chi connectivity index (χ0v) is 24.9. The molecule has 0 unspecified atom stereocenters. The first-order chi connectivity index (χ1) is 17.4. The molecule has 0 aliphatic rings. The Morgan fingerprint density at radius 1 is 1.03 bits per heavy atom. The predicted octanol–water partition coefficient (Wildman–Crippen LogP) is 3.17. The van der Waals surface area contributed by atoms with E-state index in [1.807, 2.05) is 26.8 Å². The van der Waals surface area contributed by atoms with E-state index in [0.717, 1.165) is 12.8 Å². The van der Waals surface area contributed by atoms with Gasteiger partial charge in [-0.2, -0.15) is 0 Å². The van der Waals surface area contributed by atoms with Gasteiger partial charge in [0.2, 0.25) is 5.91 Å². The van der Waals surface area contributed by atoms with Gasteiger partial charge in [0, 0.05) is 40.0 Å². The zero-order valence-electron chi connectivity index (χ0n) is 24.1. The van der Waals surface area contributed by atoms with Crippen LogP contribution in [0.4, 0.5) is 0 Å². The Kier molecular flexibility index (Phi) is 17.5. The molecular weight excluding hydrogens is 510 g/mol. The molecule has 5 N–H and O–H groups in total. The van der Waals surface area contributed by atoms with E-state index in [0.29, 0.717) is 37.5 Å². The van der Waals surface area contributed by atoms with Gasteiger partial charge in [-0.25, -0.2) is 0 Å². The largest absolute Gasteiger partial charge is 0.493 e. The normalized spacial score (nSPS) is 14.7. The van der Waals surface area contributed by atoms with Gasteiger partial charge in [-0.15, -0.1) is 12.4 Å². The molecule has 4 atom stereocenters. The molecule has 0 saturated heterocycles. The number of unbranched alkanes of at least 4 members (excludes halogenated alkanes) is 1. The number of aliphatic hydroxyl groups is 1. The van der Waals surface area contributed by atoms with E-state index in [-0.39, 0.29) is 48.0 Å². The third kappa shape index (κ3) is 12.8. The molecule has 1 rings (SSSR count). The van der Waals surface area contributed by atoms with Crippen molar-refractivity contribution in [1.29, 1.82) is 0 Å². The molecule has 0 aliphatic heterocycles. The lowest BCUT2D eigenvalue weighted by Gasteiger charge is -2.30. The van der Waals surface area contributed by atoms with Crippen LogP contribution in [0, 0.1) is 17.3 Å². The molecule has 1 aromatic carbocycles. The van der Waals surface area contributed by atoms with Crippen molar-refractivity contribution in [1.82, 2.24) is 10.6 Å². The van der Waals surface area contributed by atoms with E-state index in [1.54, 1.807) is 25.3 Å². The third-order valence-electron chi connectivity index (χ3n) is 6.41. The number of ether oxygens (including phenoxy) is 3. The predicted molar refractivity (Wildman–Crippen MR) is 153 cm³/mol. The highest BCUT2D eigenvalue weighted by Gasteiger charge is 2.32. The highest BCUT2D eigenvalue weighted by molar-refractivity contribution is 5.96. The number of halogens is 1. The lowest BCUT2D eigenvalue weighted by Crippen LogP contribution is -2.50. The fraction of sp³-hybridized carbons (Fsp3) is 0.714. The summed E-state index contributed by atoms with van der Waals surface area (Å²) in [4.78, 5) is 25.4. The molecule has 0 heterocycles. The molecular formula is C28H50ClN3O6. The Morgan fingerprint density at radius 2 is 1.66 bits per heavy atom. The number of hydrogen-bond acceptors (Lipinski definition) is 7. The Hall–Kier alpha value is -1.91. The topological polar surface area (TPSA) is 132 Å². The second-order valence-corrected chi connectivity index (χ2v) is 11.0. The number of amides is 2. The number of benzene rings is 1. The molecule has 0 bridgehead atoms. The Bertz CT molecular complexity index is 818. The number of aliphatic hydroxyl groups excluding tert-OH is 1. The molecule has 0 saturated carbocycles. The molecule has 0 aliphatic carbocycles. The number of hydrogen-bond donors (Lipinski definition) is 4. The molecule has 0 spiro atoms. The van der Waals surface area contributed by atoms with Crippen LogP contribution in [-0.2, 0) is 14.3 Å². The van der Waals surface area contributed by atoms with Crippen molar-refractivity contribution in [2.45, 2.75) is 72.1 Å². The summed E-state index contributed by atoms with van der Waals surface area (Å²) in [5.74, 6) is 0.304. The summed E-state index contributed by atoms with van der Waals surface area (Å²) in [5, 5.41) is 16.3. The van der Waals surface area contributed by atoms with Crippen LogP contribution in [-0.4, -0.2) is 75.7 Å². The molecule has 38 heavy (non-hydrogen) atoms. The van der Waals surface area contributed by atoms with Crippen LogP contribution in [0.5, 0.6) is 5.75 Å². The fourth-order valence-corrected chi connectivity index (χ4v) is 4.03. The van der Waals surface area contributed by atoms with E-state index < -0.39 is 18.2 Å². The highest BCUT2D eigenvalue weighted by Crippen LogP contribution is 2.22. The Morgan fingerprint density at radius 3 is 2.24 bits per heavy atom. The third-order valence-corrected chi connectivity index (χ3v) is 6.41. The molecule has 220 valence electrons. The molecule has 0 fully saturated rings. The highest BCUT2D eigenvalue weighted by atomic mass is 35.5. The van der Waals surface area contributed by atoms with Crippen molar-refractivity contribution in [2.24, 2.45) is 23.0 Å². The van der Waals surface area contributed by atoms with Crippen LogP contribution >= 0.6 is 12.4 Å². The van der Waals surface area contributed by atoms with Crippen molar-refractivity contribution in [3.63, 3.8) is 0 Å². The standard InChI is InChI=1S/C28H49N3O6.ClH/c1-19(2)20(16-22(29)23(32)18-31-27(34)25(36-7)28(3,4)5)17-30-26(33)21-12-8-9-13-24(21)37-15-11-10-14-35-6;/h8-9,12-13,19-20,22-23,25,32H,10-11,14-18,29H2,1-7H3,(H,30,33)(H,31,34);1H/t20-,22+,23+,25+;/m1./s1. The number of carbonyl (C=O) groups excluding carboxylic acids is 2. The minimum Gasteiger partial charge on any atom is -0.493 e. The Balaban J connectivity index is 0.0000137. The maximum absolute atomic E-state index is 12.9. The quantitative estimate of drug-likeness (QED) is 0.215. The second kappa shape index (κ2) is 18.4. The lowest BCUT2D eigenvalue weighted by atomic mass is 9.87. The lowest BCUT2D eigenvalue weighted by molar-refractivity contribution is -0.137. The molecule has 0 radical (unpaired) electrons. The summed E-state index contributed by atoms with van der Waals surface area (Å²) in [5.41, 5.74) is 6.40. The van der Waals surface area contributed by atoms with Gasteiger partial charge in [-0.3, -0.25) is 9.59 Å². The van der Waals surface area contributed by atoms with Crippen LogP contribution in [0.3, 0.4) is 0 Å². The fourth-order valence-electron chi connectivity index (χ4n) is 4.03. The molecule has 2 amide bonds. The van der Waals surface area contributed by atoms with E-state index in [2.05, 4.69) is 24.5 Å². The smallest absolute Gasteiger partial charge is 0.255 e. The van der Waals surface area contributed by atoms with Gasteiger partial charge in [0.1, 0.15) is 11.9 Å². The SMILES string of the molecule is COCCCCOc1ccccc1C(=O)NC[C@@H](C[C@H](N)[C@@H](O)CNC(=O)[C@H](OC)C(C)(C)C)C(C)C.Cl. The van der Waals surface area contributed by atoms with Gasteiger partial charge in [0.15, 0.2) is 0 Å². The summed E-state index contributed by atoms with van der Waals surface area (Å²) in [7, 11) is 3.16. The molecule has 0 aromatic heterocycles. The first-order valence-corrected chi connectivity index (χ1v) is 13.1. The van der Waals surface area contributed by atoms with Gasteiger partial charge in [0.25, 0.3) is 5.91 Å². The number of nitrogens with one attached hydrogen (secondary N) is 2. The van der Waals surface area contributed by atoms with Crippen LogP contribution < -0.4 is 21.1 Å². The van der Waals surface area contributed by atoms with Gasteiger partial charge in [-0.05, 0) is 48.6 Å². The van der Waals surface area contributed by atoms with Crippen molar-refractivity contribution in [3.05, 3.63) is 29.8 Å². The average molecular weight is 560 g/mol. The maximum Gasteiger partial charge on any atom is 0.255 e. The molecule has 1 aromatic rings. The summed E-state index contributed by atoms with van der Waals surface area (Å²) in [6.45, 7) is 11.5. The van der Waals surface area contributed by atoms with Crippen molar-refractivity contribution in [3.8, 4) is 5.75 Å². The summed E-state index contributed by atoms with van der Waals surface area (Å²) in [6.07, 6.45) is 0.652. The number of carbonyl (C=O) groups is 2. The summed E-state index contributed by atoms with van der Waals surface area (Å²) in [6, 6.07) is 6.62. The second-order valence-electron chi connectivity index (χ2n) is 11.0. The summed E-state index contributed by atoms with van der Waals surface area (Å²) >= 11 is 0. The summed E-state index contributed by atoms with van der Waals surface area (Å²) < 4.78 is 16.2. The number of para-hydroxylation sites is 1. The minimum absolute atomic E-state index is 0. The first kappa shape index (κ1) is 36.1. The number of rotatable bonds is 17. The van der Waals surface area contributed by atoms with Crippen molar-refractivity contribution < 1.29 is 28.9 Å². The molecule has 10 heteroatoms. The number of methoxy groups -OCH3 is 2. The zero-order chi connectivity index (χ0) is 28.0. The van der Waals surface area contributed by atoms with Crippen LogP contribution in [0.25, 0.3) is 0 Å². The van der Waals surface area contributed by atoms with Crippen LogP contribution in [0.1, 0.15) is 64.2 Å². The maximum atomic E-state index is 12.9. The van der Waals surface area contributed by atoms with Gasteiger partial charge >= 0.3 is 0 Å². The first-order valence-electron chi connectivity index (χ1n) is 13.1. The average Bonchev–Trinajstić information content (AvgIpc) is 2.84. The molecule has 9 nitrogen and oxygen atoms in total. The monoisotopic (exact) mass is 559 g/mol. The van der Waals surface area contributed by atoms with Crippen LogP contribution in [0.15, 0.2) is 24.3 Å². The van der Waals surface area contributed by atoms with Crippen molar-refractivity contribution >= 4 is 24.2 Å². The van der Waals surface area contributed by atoms with E-state index in [4.69, 9.17) is 19.9 Å². The van der Waals surface area contributed by atoms with Crippen LogP contribution in [0.2, 0.25) is 0 Å². The Labute approximate surface area is 235 Å². The van der Waals surface area contributed by atoms with E-state index in [1.165, 1.54) is 7.11 Å². The van der Waals surface area contributed by atoms with E-state index in [9.17, 15) is 14.7 Å². The van der Waals surface area contributed by atoms with Gasteiger partial charge in [-0.1, -0.05) is 46.8 Å². The van der Waals surface area contributed by atoms with E-state index >= 15 is 0 Å². The van der Waals surface area contributed by atoms with Gasteiger partial charge < -0.3 is 35.7 Å². The number of nitrogens with two attached hydrogens (primary N) is 1.